The molecule has 4 rings (SSSR count). The second kappa shape index (κ2) is 11.4. The van der Waals surface area contributed by atoms with E-state index in [2.05, 4.69) is 30.9 Å². The lowest BCUT2D eigenvalue weighted by atomic mass is 10.2. The summed E-state index contributed by atoms with van der Waals surface area (Å²) in [6.07, 6.45) is 5.20. The third-order valence-corrected chi connectivity index (χ3v) is 6.33. The molecule has 0 saturated heterocycles. The van der Waals surface area contributed by atoms with E-state index in [1.807, 2.05) is 48.5 Å². The summed E-state index contributed by atoms with van der Waals surface area (Å²) in [4.78, 5) is 18.1. The van der Waals surface area contributed by atoms with Crippen molar-refractivity contribution in [3.8, 4) is 28.6 Å². The van der Waals surface area contributed by atoms with E-state index in [4.69, 9.17) is 14.2 Å². The van der Waals surface area contributed by atoms with Crippen LogP contribution in [0.1, 0.15) is 45.6 Å². The molecule has 2 heterocycles. The van der Waals surface area contributed by atoms with Gasteiger partial charge in [0, 0.05) is 5.56 Å². The molecule has 0 spiro atoms. The second-order valence-electron chi connectivity index (χ2n) is 8.74. The Balaban J connectivity index is 1.53. The minimum absolute atomic E-state index is 0.196. The lowest BCUT2D eigenvalue weighted by Gasteiger charge is -2.12. The highest BCUT2D eigenvalue weighted by atomic mass is 32.1. The van der Waals surface area contributed by atoms with Crippen molar-refractivity contribution < 1.29 is 14.2 Å². The molecule has 0 aliphatic heterocycles. The fourth-order valence-corrected chi connectivity index (χ4v) is 4.41. The monoisotopic (exact) mass is 493 g/mol. The zero-order valence-electron chi connectivity index (χ0n) is 20.6. The first kappa shape index (κ1) is 24.7. The van der Waals surface area contributed by atoms with Gasteiger partial charge in [-0.05, 0) is 60.4 Å². The fourth-order valence-electron chi connectivity index (χ4n) is 3.50. The van der Waals surface area contributed by atoms with Crippen molar-refractivity contribution in [3.63, 3.8) is 0 Å². The summed E-state index contributed by atoms with van der Waals surface area (Å²) in [7, 11) is 1.61. The number of rotatable bonds is 11. The predicted octanol–water partition coefficient (Wildman–Crippen LogP) is 4.98. The summed E-state index contributed by atoms with van der Waals surface area (Å²) < 4.78 is 19.0. The van der Waals surface area contributed by atoms with E-state index in [-0.39, 0.29) is 5.56 Å². The van der Waals surface area contributed by atoms with Crippen LogP contribution in [-0.2, 0) is 0 Å². The zero-order valence-corrected chi connectivity index (χ0v) is 21.4. The van der Waals surface area contributed by atoms with Crippen LogP contribution in [0, 0.1) is 5.92 Å². The van der Waals surface area contributed by atoms with Crippen molar-refractivity contribution in [2.45, 2.75) is 40.0 Å². The number of hydrogen-bond acceptors (Lipinski definition) is 7. The highest BCUT2D eigenvalue weighted by Gasteiger charge is 2.13. The van der Waals surface area contributed by atoms with Crippen LogP contribution in [0.3, 0.4) is 0 Å². The van der Waals surface area contributed by atoms with E-state index in [9.17, 15) is 4.79 Å². The van der Waals surface area contributed by atoms with Gasteiger partial charge in [-0.15, -0.1) is 5.10 Å². The first-order valence-electron chi connectivity index (χ1n) is 11.9. The van der Waals surface area contributed by atoms with Crippen molar-refractivity contribution in [1.29, 1.82) is 0 Å². The Morgan fingerprint density at radius 2 is 1.86 bits per heavy atom. The van der Waals surface area contributed by atoms with Crippen molar-refractivity contribution in [3.05, 3.63) is 62.9 Å². The van der Waals surface area contributed by atoms with Gasteiger partial charge in [0.2, 0.25) is 4.96 Å². The average Bonchev–Trinajstić information content (AvgIpc) is 3.40. The summed E-state index contributed by atoms with van der Waals surface area (Å²) in [5.74, 6) is 3.07. The number of thiazole rings is 1. The molecule has 0 saturated carbocycles. The van der Waals surface area contributed by atoms with Crippen LogP contribution in [-0.4, -0.2) is 34.9 Å². The number of nitrogens with zero attached hydrogens (tertiary/aromatic N) is 3. The second-order valence-corrected chi connectivity index (χ2v) is 9.75. The third kappa shape index (κ3) is 6.00. The molecule has 0 aliphatic carbocycles. The molecule has 184 valence electrons. The van der Waals surface area contributed by atoms with Crippen molar-refractivity contribution in [2.24, 2.45) is 5.92 Å². The molecule has 0 unspecified atom stereocenters. The molecule has 2 aromatic carbocycles. The highest BCUT2D eigenvalue weighted by molar-refractivity contribution is 7.15. The quantitative estimate of drug-likeness (QED) is 0.274. The summed E-state index contributed by atoms with van der Waals surface area (Å²) in [5.41, 5.74) is 1.49. The van der Waals surface area contributed by atoms with Crippen molar-refractivity contribution in [1.82, 2.24) is 14.6 Å². The Labute approximate surface area is 209 Å². The van der Waals surface area contributed by atoms with Crippen LogP contribution < -0.4 is 24.3 Å². The predicted molar refractivity (Wildman–Crippen MR) is 140 cm³/mol. The van der Waals surface area contributed by atoms with Crippen molar-refractivity contribution >= 4 is 22.4 Å². The van der Waals surface area contributed by atoms with Gasteiger partial charge in [0.05, 0.1) is 24.9 Å². The molecule has 0 aliphatic rings. The number of fused-ring (bicyclic) bond motifs is 1. The summed E-state index contributed by atoms with van der Waals surface area (Å²) in [5, 5.41) is 4.45. The average molecular weight is 494 g/mol. The van der Waals surface area contributed by atoms with Gasteiger partial charge < -0.3 is 14.2 Å². The van der Waals surface area contributed by atoms with E-state index < -0.39 is 0 Å². The Morgan fingerprint density at radius 1 is 1.06 bits per heavy atom. The van der Waals surface area contributed by atoms with Crippen molar-refractivity contribution in [2.75, 3.05) is 20.3 Å². The summed E-state index contributed by atoms with van der Waals surface area (Å²) in [6.45, 7) is 7.68. The van der Waals surface area contributed by atoms with Gasteiger partial charge in [-0.3, -0.25) is 4.79 Å². The molecule has 0 radical (unpaired) electrons. The highest BCUT2D eigenvalue weighted by Crippen LogP contribution is 2.29. The van der Waals surface area contributed by atoms with Crippen LogP contribution >= 0.6 is 11.3 Å². The van der Waals surface area contributed by atoms with Crippen LogP contribution in [0.2, 0.25) is 0 Å². The zero-order chi connectivity index (χ0) is 24.8. The van der Waals surface area contributed by atoms with Crippen LogP contribution in [0.4, 0.5) is 0 Å². The molecule has 0 bridgehead atoms. The van der Waals surface area contributed by atoms with Gasteiger partial charge in [-0.1, -0.05) is 51.0 Å². The van der Waals surface area contributed by atoms with Gasteiger partial charge in [0.15, 0.2) is 17.3 Å². The maximum atomic E-state index is 13.0. The molecule has 0 atom stereocenters. The molecular weight excluding hydrogens is 462 g/mol. The smallest absolute Gasteiger partial charge is 0.291 e. The molecular formula is C27H31N3O4S. The van der Waals surface area contributed by atoms with Crippen LogP contribution in [0.25, 0.3) is 22.4 Å². The van der Waals surface area contributed by atoms with E-state index in [1.54, 1.807) is 7.11 Å². The Hall–Kier alpha value is -3.39. The molecule has 35 heavy (non-hydrogen) atoms. The number of benzene rings is 2. The molecule has 0 fully saturated rings. The van der Waals surface area contributed by atoms with Crippen LogP contribution in [0.15, 0.2) is 47.3 Å². The maximum absolute atomic E-state index is 13.0. The lowest BCUT2D eigenvalue weighted by molar-refractivity contribution is 0.257. The number of methoxy groups -OCH3 is 1. The van der Waals surface area contributed by atoms with E-state index in [0.717, 1.165) is 29.7 Å². The van der Waals surface area contributed by atoms with E-state index >= 15 is 0 Å². The normalized spacial score (nSPS) is 12.0. The Bertz CT molecular complexity index is 1380. The minimum Gasteiger partial charge on any atom is -0.494 e. The largest absolute Gasteiger partial charge is 0.494 e. The van der Waals surface area contributed by atoms with Gasteiger partial charge in [-0.2, -0.15) is 9.50 Å². The molecule has 2 aromatic heterocycles. The first-order chi connectivity index (χ1) is 17.0. The maximum Gasteiger partial charge on any atom is 0.291 e. The molecule has 8 heteroatoms. The topological polar surface area (TPSA) is 75.0 Å². The number of aromatic nitrogens is 3. The molecule has 7 nitrogen and oxygen atoms in total. The Morgan fingerprint density at radius 3 is 2.54 bits per heavy atom. The first-order valence-corrected chi connectivity index (χ1v) is 12.8. The summed E-state index contributed by atoms with van der Waals surface area (Å²) >= 11 is 1.31. The number of unbranched alkanes of at least 4 members (excludes halogenated alkanes) is 2. The van der Waals surface area contributed by atoms with Gasteiger partial charge in [-0.25, -0.2) is 0 Å². The van der Waals surface area contributed by atoms with Gasteiger partial charge in [0.1, 0.15) is 5.75 Å². The number of ether oxygens (including phenoxy) is 3. The number of hydrogen-bond donors (Lipinski definition) is 0. The minimum atomic E-state index is -0.196. The summed E-state index contributed by atoms with van der Waals surface area (Å²) in [6, 6.07) is 13.3. The van der Waals surface area contributed by atoms with Gasteiger partial charge >= 0.3 is 0 Å². The van der Waals surface area contributed by atoms with E-state index in [0.29, 0.717) is 45.9 Å². The Kier molecular flexibility index (Phi) is 8.02. The molecule has 0 amide bonds. The van der Waals surface area contributed by atoms with Crippen LogP contribution in [0.5, 0.6) is 17.2 Å². The molecule has 4 aromatic rings. The lowest BCUT2D eigenvalue weighted by Crippen LogP contribution is -2.23. The standard InChI is InChI=1S/C27H31N3O4S/c1-5-6-7-14-33-21-11-9-20(10-12-21)25-28-27-30(29-25)26(31)24(35-27)16-19-8-13-22(23(15-19)32-4)34-17-18(2)3/h8-13,15-16,18H,5-7,14,17H2,1-4H3. The molecule has 0 N–H and O–H groups in total. The van der Waals surface area contributed by atoms with Gasteiger partial charge in [0.25, 0.3) is 5.56 Å². The van der Waals surface area contributed by atoms with E-state index in [1.165, 1.54) is 22.3 Å². The third-order valence-electron chi connectivity index (χ3n) is 5.37. The SMILES string of the molecule is CCCCCOc1ccc(-c2nc3sc(=Cc4ccc(OCC(C)C)c(OC)c4)c(=O)n3n2)cc1. The fraction of sp³-hybridized carbons (Fsp3) is 0.370.